The summed E-state index contributed by atoms with van der Waals surface area (Å²) < 4.78 is 75.9. The maximum atomic E-state index is 13.6. The number of ether oxygens (including phenoxy) is 1. The molecule has 1 N–H and O–H groups in total. The van der Waals surface area contributed by atoms with Crippen molar-refractivity contribution < 1.29 is 40.7 Å². The molecule has 0 aliphatic rings. The third-order valence-corrected chi connectivity index (χ3v) is 4.15. The zero-order valence-electron chi connectivity index (χ0n) is 15.8. The summed E-state index contributed by atoms with van der Waals surface area (Å²) in [5.41, 5.74) is -1.51. The first-order valence-electron chi connectivity index (χ1n) is 8.79. The number of halogens is 5. The Labute approximate surface area is 172 Å². The van der Waals surface area contributed by atoms with Gasteiger partial charge in [0.1, 0.15) is 23.1 Å². The van der Waals surface area contributed by atoms with Crippen molar-refractivity contribution in [2.24, 2.45) is 0 Å². The lowest BCUT2D eigenvalue weighted by Gasteiger charge is -2.13. The van der Waals surface area contributed by atoms with E-state index in [1.807, 2.05) is 5.32 Å². The lowest BCUT2D eigenvalue weighted by molar-refractivity contribution is -0.137. The number of hydrogen-bond acceptors (Lipinski definition) is 4. The SMILES string of the molecule is CC(OC(=O)c1ccc(-c2cccc(C(F)(F)F)c2)o1)C(=O)Nc1c(F)cccc1F. The van der Waals surface area contributed by atoms with Crippen LogP contribution in [0.15, 0.2) is 59.0 Å². The van der Waals surface area contributed by atoms with E-state index in [2.05, 4.69) is 0 Å². The molecule has 0 saturated heterocycles. The van der Waals surface area contributed by atoms with Crippen LogP contribution in [0.4, 0.5) is 27.6 Å². The second-order valence-electron chi connectivity index (χ2n) is 6.38. The molecule has 5 nitrogen and oxygen atoms in total. The van der Waals surface area contributed by atoms with Crippen molar-refractivity contribution in [3.63, 3.8) is 0 Å². The van der Waals surface area contributed by atoms with E-state index >= 15 is 0 Å². The summed E-state index contributed by atoms with van der Waals surface area (Å²) in [6.45, 7) is 1.17. The Morgan fingerprint density at radius 3 is 2.29 bits per heavy atom. The van der Waals surface area contributed by atoms with E-state index in [0.717, 1.165) is 30.3 Å². The van der Waals surface area contributed by atoms with Crippen molar-refractivity contribution >= 4 is 17.6 Å². The van der Waals surface area contributed by atoms with Crippen molar-refractivity contribution in [3.8, 4) is 11.3 Å². The molecule has 0 aliphatic heterocycles. The maximum Gasteiger partial charge on any atom is 0.416 e. The average Bonchev–Trinajstić information content (AvgIpc) is 3.20. The molecule has 1 atom stereocenters. The molecule has 2 aromatic carbocycles. The number of anilines is 1. The van der Waals surface area contributed by atoms with Gasteiger partial charge >= 0.3 is 12.1 Å². The first-order chi connectivity index (χ1) is 14.6. The number of benzene rings is 2. The van der Waals surface area contributed by atoms with Crippen LogP contribution >= 0.6 is 0 Å². The number of rotatable bonds is 5. The number of hydrogen-bond donors (Lipinski definition) is 1. The molecule has 31 heavy (non-hydrogen) atoms. The fraction of sp³-hybridized carbons (Fsp3) is 0.143. The Morgan fingerprint density at radius 2 is 1.65 bits per heavy atom. The van der Waals surface area contributed by atoms with Gasteiger partial charge in [0.2, 0.25) is 5.76 Å². The summed E-state index contributed by atoms with van der Waals surface area (Å²) in [7, 11) is 0. The van der Waals surface area contributed by atoms with Crippen LogP contribution in [0.3, 0.4) is 0 Å². The lowest BCUT2D eigenvalue weighted by atomic mass is 10.1. The van der Waals surface area contributed by atoms with Gasteiger partial charge in [0.05, 0.1) is 5.56 Å². The largest absolute Gasteiger partial charge is 0.449 e. The van der Waals surface area contributed by atoms with E-state index in [1.165, 1.54) is 31.2 Å². The van der Waals surface area contributed by atoms with E-state index in [0.29, 0.717) is 0 Å². The number of para-hydroxylation sites is 1. The normalized spacial score (nSPS) is 12.3. The molecule has 10 heteroatoms. The molecule has 3 aromatic rings. The first kappa shape index (κ1) is 22.0. The Kier molecular flexibility index (Phi) is 6.09. The van der Waals surface area contributed by atoms with Crippen LogP contribution < -0.4 is 5.32 Å². The Hall–Kier alpha value is -3.69. The van der Waals surface area contributed by atoms with Gasteiger partial charge < -0.3 is 14.5 Å². The van der Waals surface area contributed by atoms with Gasteiger partial charge in [-0.2, -0.15) is 13.2 Å². The summed E-state index contributed by atoms with van der Waals surface area (Å²) >= 11 is 0. The van der Waals surface area contributed by atoms with E-state index in [1.54, 1.807) is 0 Å². The van der Waals surface area contributed by atoms with Gasteiger partial charge in [-0.25, -0.2) is 13.6 Å². The number of nitrogens with one attached hydrogen (secondary N) is 1. The molecule has 0 spiro atoms. The number of esters is 1. The minimum absolute atomic E-state index is 0.0245. The van der Waals surface area contributed by atoms with Gasteiger partial charge in [-0.05, 0) is 43.3 Å². The van der Waals surface area contributed by atoms with Gasteiger partial charge in [0, 0.05) is 5.56 Å². The fourth-order valence-electron chi connectivity index (χ4n) is 2.57. The Bertz CT molecular complexity index is 1100. The molecular weight excluding hydrogens is 425 g/mol. The van der Waals surface area contributed by atoms with Crippen molar-refractivity contribution in [2.75, 3.05) is 5.32 Å². The van der Waals surface area contributed by atoms with Crippen LogP contribution in [0.1, 0.15) is 23.0 Å². The third kappa shape index (κ3) is 5.08. The first-order valence-corrected chi connectivity index (χ1v) is 8.79. The molecule has 0 aliphatic carbocycles. The van der Waals surface area contributed by atoms with Gasteiger partial charge in [0.15, 0.2) is 6.10 Å². The van der Waals surface area contributed by atoms with E-state index in [9.17, 15) is 31.5 Å². The average molecular weight is 439 g/mol. The highest BCUT2D eigenvalue weighted by Crippen LogP contribution is 2.32. The molecule has 1 heterocycles. The van der Waals surface area contributed by atoms with Crippen LogP contribution in [0.5, 0.6) is 0 Å². The van der Waals surface area contributed by atoms with Gasteiger partial charge in [-0.3, -0.25) is 4.79 Å². The topological polar surface area (TPSA) is 68.5 Å². The molecule has 0 fully saturated rings. The quantitative estimate of drug-likeness (QED) is 0.425. The van der Waals surface area contributed by atoms with Gasteiger partial charge in [-0.1, -0.05) is 18.2 Å². The Morgan fingerprint density at radius 1 is 1.00 bits per heavy atom. The van der Waals surface area contributed by atoms with Gasteiger partial charge in [-0.15, -0.1) is 0 Å². The minimum Gasteiger partial charge on any atom is -0.449 e. The maximum absolute atomic E-state index is 13.6. The van der Waals surface area contributed by atoms with Crippen molar-refractivity contribution in [1.29, 1.82) is 0 Å². The van der Waals surface area contributed by atoms with Crippen LogP contribution in [-0.2, 0) is 15.7 Å². The highest BCUT2D eigenvalue weighted by atomic mass is 19.4. The molecule has 1 aromatic heterocycles. The number of furan rings is 1. The van der Waals surface area contributed by atoms with Gasteiger partial charge in [0.25, 0.3) is 5.91 Å². The highest BCUT2D eigenvalue weighted by Gasteiger charge is 2.31. The number of amides is 1. The van der Waals surface area contributed by atoms with E-state index < -0.39 is 47.0 Å². The van der Waals surface area contributed by atoms with Crippen molar-refractivity contribution in [2.45, 2.75) is 19.2 Å². The Balaban J connectivity index is 1.69. The zero-order valence-corrected chi connectivity index (χ0v) is 15.8. The molecule has 0 radical (unpaired) electrons. The fourth-order valence-corrected chi connectivity index (χ4v) is 2.57. The number of alkyl halides is 3. The minimum atomic E-state index is -4.55. The molecule has 1 amide bonds. The smallest absolute Gasteiger partial charge is 0.416 e. The highest BCUT2D eigenvalue weighted by molar-refractivity contribution is 5.96. The van der Waals surface area contributed by atoms with E-state index in [4.69, 9.17) is 9.15 Å². The second-order valence-corrected chi connectivity index (χ2v) is 6.38. The molecule has 3 rings (SSSR count). The van der Waals surface area contributed by atoms with Crippen LogP contribution in [-0.4, -0.2) is 18.0 Å². The number of carbonyl (C=O) groups is 2. The predicted molar refractivity (Wildman–Crippen MR) is 99.0 cm³/mol. The lowest BCUT2D eigenvalue weighted by Crippen LogP contribution is -2.30. The second kappa shape index (κ2) is 8.58. The monoisotopic (exact) mass is 439 g/mol. The van der Waals surface area contributed by atoms with E-state index in [-0.39, 0.29) is 17.1 Å². The molecule has 1 unspecified atom stereocenters. The molecule has 162 valence electrons. The summed E-state index contributed by atoms with van der Waals surface area (Å²) in [5.74, 6) is -4.50. The summed E-state index contributed by atoms with van der Waals surface area (Å²) in [4.78, 5) is 24.3. The van der Waals surface area contributed by atoms with Crippen LogP contribution in [0.25, 0.3) is 11.3 Å². The third-order valence-electron chi connectivity index (χ3n) is 4.15. The van der Waals surface area contributed by atoms with Crippen LogP contribution in [0, 0.1) is 11.6 Å². The standard InChI is InChI=1S/C21H14F5NO4/c1-11(19(28)27-18-14(22)6-3-7-15(18)23)30-20(29)17-9-8-16(31-17)12-4-2-5-13(10-12)21(24,25)26/h2-11H,1H3,(H,27,28). The molecular formula is C21H14F5NO4. The molecule has 0 bridgehead atoms. The van der Waals surface area contributed by atoms with Crippen molar-refractivity contribution in [1.82, 2.24) is 0 Å². The zero-order chi connectivity index (χ0) is 22.8. The predicted octanol–water partition coefficient (Wildman–Crippen LogP) is 5.43. The summed E-state index contributed by atoms with van der Waals surface area (Å²) in [5, 5.41) is 1.98. The van der Waals surface area contributed by atoms with Crippen molar-refractivity contribution in [3.05, 3.63) is 77.6 Å². The summed E-state index contributed by atoms with van der Waals surface area (Å²) in [6.07, 6.45) is -6.00. The summed E-state index contributed by atoms with van der Waals surface area (Å²) in [6, 6.07) is 9.72. The van der Waals surface area contributed by atoms with Crippen LogP contribution in [0.2, 0.25) is 0 Å². The number of carbonyl (C=O) groups excluding carboxylic acids is 2. The molecule has 0 saturated carbocycles.